The smallest absolute Gasteiger partial charge is 0.330 e. The largest absolute Gasteiger partial charge is 0.414 e. The van der Waals surface area contributed by atoms with E-state index < -0.39 is 38.0 Å². The van der Waals surface area contributed by atoms with Crippen LogP contribution in [0.3, 0.4) is 0 Å². The Kier molecular flexibility index (Phi) is 5.80. The Morgan fingerprint density at radius 3 is 2.67 bits per heavy atom. The van der Waals surface area contributed by atoms with E-state index in [0.717, 1.165) is 0 Å². The summed E-state index contributed by atoms with van der Waals surface area (Å²) in [6.45, 7) is 11.0. The first-order valence-electron chi connectivity index (χ1n) is 7.91. The summed E-state index contributed by atoms with van der Waals surface area (Å²) in [5.41, 5.74) is -0.961. The van der Waals surface area contributed by atoms with Crippen LogP contribution in [0.2, 0.25) is 18.1 Å². The second-order valence-electron chi connectivity index (χ2n) is 7.65. The first kappa shape index (κ1) is 19.8. The molecule has 3 atom stereocenters. The van der Waals surface area contributed by atoms with Gasteiger partial charge in [0, 0.05) is 12.6 Å². The summed E-state index contributed by atoms with van der Waals surface area (Å²) in [7, 11) is -1.94. The maximum absolute atomic E-state index is 12.0. The van der Waals surface area contributed by atoms with E-state index >= 15 is 0 Å². The summed E-state index contributed by atoms with van der Waals surface area (Å²) in [5.74, 6) is 0. The van der Waals surface area contributed by atoms with Crippen molar-refractivity contribution in [1.29, 1.82) is 0 Å². The second-order valence-corrected chi connectivity index (χ2v) is 13.6. The van der Waals surface area contributed by atoms with Gasteiger partial charge in [-0.15, -0.1) is 0 Å². The zero-order valence-electron chi connectivity index (χ0n) is 14.6. The van der Waals surface area contributed by atoms with Crippen molar-refractivity contribution in [2.24, 2.45) is 0 Å². The molecule has 1 aliphatic heterocycles. The fourth-order valence-electron chi connectivity index (χ4n) is 2.22. The van der Waals surface area contributed by atoms with Gasteiger partial charge in [0.25, 0.3) is 5.56 Å². The van der Waals surface area contributed by atoms with Crippen LogP contribution in [0.5, 0.6) is 0 Å². The predicted molar refractivity (Wildman–Crippen MR) is 102 cm³/mol. The number of aliphatic hydroxyl groups is 1. The molecule has 0 saturated carbocycles. The number of H-pyrrole nitrogens is 1. The lowest BCUT2D eigenvalue weighted by Gasteiger charge is -2.37. The molecule has 2 heterocycles. The van der Waals surface area contributed by atoms with Gasteiger partial charge in [-0.1, -0.05) is 20.8 Å². The molecule has 0 aromatic carbocycles. The van der Waals surface area contributed by atoms with E-state index in [9.17, 15) is 14.7 Å². The van der Waals surface area contributed by atoms with E-state index in [4.69, 9.17) is 9.16 Å². The Morgan fingerprint density at radius 1 is 1.46 bits per heavy atom. The fraction of sp³-hybridized carbons (Fsp3) is 0.733. The van der Waals surface area contributed by atoms with Crippen LogP contribution in [0.15, 0.2) is 15.8 Å². The molecule has 2 rings (SSSR count). The van der Waals surface area contributed by atoms with Gasteiger partial charge in [0.15, 0.2) is 8.32 Å². The van der Waals surface area contributed by atoms with Crippen molar-refractivity contribution in [3.8, 4) is 0 Å². The lowest BCUT2D eigenvalue weighted by molar-refractivity contribution is -0.0433. The van der Waals surface area contributed by atoms with Gasteiger partial charge in [0.1, 0.15) is 12.3 Å². The summed E-state index contributed by atoms with van der Waals surface area (Å²) in [5, 5.41) is 10.3. The molecule has 0 radical (unpaired) electrons. The van der Waals surface area contributed by atoms with Crippen molar-refractivity contribution in [2.75, 3.05) is 6.61 Å². The average molecular weight is 468 g/mol. The number of rotatable bonds is 4. The molecule has 0 amide bonds. The summed E-state index contributed by atoms with van der Waals surface area (Å²) < 4.78 is 13.7. The van der Waals surface area contributed by atoms with E-state index in [-0.39, 0.29) is 11.5 Å². The van der Waals surface area contributed by atoms with E-state index in [2.05, 4.69) is 38.8 Å². The third kappa shape index (κ3) is 4.18. The van der Waals surface area contributed by atoms with Crippen LogP contribution in [0.1, 0.15) is 33.4 Å². The Balaban J connectivity index is 2.09. The van der Waals surface area contributed by atoms with Gasteiger partial charge in [0.05, 0.1) is 16.3 Å². The number of hydrogen-bond donors (Lipinski definition) is 2. The highest BCUT2D eigenvalue weighted by atomic mass is 127. The molecule has 136 valence electrons. The van der Waals surface area contributed by atoms with Crippen LogP contribution < -0.4 is 11.2 Å². The quantitative estimate of drug-likeness (QED) is 0.520. The molecule has 1 saturated heterocycles. The molecule has 7 nitrogen and oxygen atoms in total. The van der Waals surface area contributed by atoms with E-state index in [1.807, 2.05) is 22.6 Å². The topological polar surface area (TPSA) is 93.5 Å². The molecule has 24 heavy (non-hydrogen) atoms. The summed E-state index contributed by atoms with van der Waals surface area (Å²) in [6, 6.07) is 0. The number of nitrogens with one attached hydrogen (secondary N) is 1. The highest BCUT2D eigenvalue weighted by Gasteiger charge is 2.41. The number of nitrogens with zero attached hydrogens (tertiary/aromatic N) is 1. The Labute approximate surface area is 155 Å². The van der Waals surface area contributed by atoms with Gasteiger partial charge in [-0.2, -0.15) is 0 Å². The number of halogens is 1. The lowest BCUT2D eigenvalue weighted by atomic mass is 10.2. The highest BCUT2D eigenvalue weighted by Crippen LogP contribution is 2.37. The number of hydrogen-bond acceptors (Lipinski definition) is 5. The van der Waals surface area contributed by atoms with Crippen LogP contribution in [-0.2, 0) is 9.16 Å². The monoisotopic (exact) mass is 468 g/mol. The third-order valence-corrected chi connectivity index (χ3v) is 10.1. The Hall–Kier alpha value is -0.493. The summed E-state index contributed by atoms with van der Waals surface area (Å²) >= 11 is 1.86. The maximum Gasteiger partial charge on any atom is 0.330 e. The molecule has 2 N–H and O–H groups in total. The standard InChI is InChI=1S/C15H25IN2O5Si/c1-15(2,3)24(4,5)22-8-11-10(19)6-12(23-11)18-7-9(16)13(20)17-14(18)21/h7,10-12,19H,6,8H2,1-5H3,(H,17,20,21)/t10-,11-,12+/m0/s1. The molecule has 0 unspecified atom stereocenters. The highest BCUT2D eigenvalue weighted by molar-refractivity contribution is 14.1. The zero-order valence-corrected chi connectivity index (χ0v) is 17.8. The minimum atomic E-state index is -1.94. The number of ether oxygens (including phenoxy) is 1. The van der Waals surface area contributed by atoms with Gasteiger partial charge in [0.2, 0.25) is 0 Å². The molecule has 1 aromatic rings. The summed E-state index contributed by atoms with van der Waals surface area (Å²) in [6.07, 6.45) is -0.0632. The first-order valence-corrected chi connectivity index (χ1v) is 11.9. The van der Waals surface area contributed by atoms with Gasteiger partial charge >= 0.3 is 5.69 Å². The van der Waals surface area contributed by atoms with Crippen molar-refractivity contribution in [2.45, 2.75) is 63.8 Å². The van der Waals surface area contributed by atoms with Gasteiger partial charge < -0.3 is 14.3 Å². The molecule has 0 spiro atoms. The van der Waals surface area contributed by atoms with E-state index in [1.165, 1.54) is 10.8 Å². The van der Waals surface area contributed by atoms with Crippen LogP contribution >= 0.6 is 22.6 Å². The number of aliphatic hydroxyl groups excluding tert-OH is 1. The van der Waals surface area contributed by atoms with Gasteiger partial charge in [-0.05, 0) is 40.7 Å². The predicted octanol–water partition coefficient (Wildman–Crippen LogP) is 1.81. The van der Waals surface area contributed by atoms with Crippen molar-refractivity contribution in [3.63, 3.8) is 0 Å². The van der Waals surface area contributed by atoms with Crippen molar-refractivity contribution in [3.05, 3.63) is 30.6 Å². The second kappa shape index (κ2) is 7.02. The molecule has 1 fully saturated rings. The Morgan fingerprint density at radius 2 is 2.08 bits per heavy atom. The molecule has 1 aromatic heterocycles. The number of aromatic nitrogens is 2. The third-order valence-electron chi connectivity index (χ3n) is 4.85. The van der Waals surface area contributed by atoms with E-state index in [0.29, 0.717) is 10.2 Å². The summed E-state index contributed by atoms with van der Waals surface area (Å²) in [4.78, 5) is 25.7. The zero-order chi connectivity index (χ0) is 18.3. The van der Waals surface area contributed by atoms with Gasteiger partial charge in [-0.25, -0.2) is 4.79 Å². The average Bonchev–Trinajstić information content (AvgIpc) is 2.80. The minimum Gasteiger partial charge on any atom is -0.414 e. The van der Waals surface area contributed by atoms with Crippen LogP contribution in [0.4, 0.5) is 0 Å². The molecule has 0 bridgehead atoms. The fourth-order valence-corrected chi connectivity index (χ4v) is 3.67. The van der Waals surface area contributed by atoms with Crippen molar-refractivity contribution in [1.82, 2.24) is 9.55 Å². The molecular formula is C15H25IN2O5Si. The molecule has 0 aliphatic carbocycles. The molecular weight excluding hydrogens is 443 g/mol. The normalized spacial score (nSPS) is 25.2. The van der Waals surface area contributed by atoms with Crippen LogP contribution in [0.25, 0.3) is 0 Å². The minimum absolute atomic E-state index is 0.0714. The SMILES string of the molecule is CC(C)(C)[Si](C)(C)OC[C@@H]1O[C@@H](n2cc(I)c(=O)[nH]c2=O)C[C@@H]1O. The first-order chi connectivity index (χ1) is 10.9. The van der Waals surface area contributed by atoms with Crippen LogP contribution in [-0.4, -0.2) is 41.8 Å². The van der Waals surface area contributed by atoms with Crippen molar-refractivity contribution >= 4 is 30.9 Å². The van der Waals surface area contributed by atoms with E-state index in [1.54, 1.807) is 0 Å². The van der Waals surface area contributed by atoms with Crippen LogP contribution in [0, 0.1) is 3.57 Å². The lowest BCUT2D eigenvalue weighted by Crippen LogP contribution is -2.43. The molecule has 1 aliphatic rings. The maximum atomic E-state index is 12.0. The Bertz CT molecular complexity index is 709. The molecule has 9 heteroatoms. The van der Waals surface area contributed by atoms with Crippen molar-refractivity contribution < 1.29 is 14.3 Å². The van der Waals surface area contributed by atoms with Gasteiger partial charge in [-0.3, -0.25) is 14.3 Å². The number of aromatic amines is 1.